The maximum Gasteiger partial charge on any atom is 0.251 e. The van der Waals surface area contributed by atoms with Crippen molar-refractivity contribution in [1.29, 1.82) is 0 Å². The van der Waals surface area contributed by atoms with E-state index >= 15 is 0 Å². The molecule has 2 aliphatic rings. The van der Waals surface area contributed by atoms with Gasteiger partial charge in [0.15, 0.2) is 15.6 Å². The highest BCUT2D eigenvalue weighted by Crippen LogP contribution is 2.40. The first-order chi connectivity index (χ1) is 38.5. The molecule has 2 atom stereocenters. The number of rotatable bonds is 33. The molecule has 2 N–H and O–H groups in total. The topological polar surface area (TPSA) is 188 Å². The third kappa shape index (κ3) is 19.0. The van der Waals surface area contributed by atoms with Crippen LogP contribution in [0.25, 0.3) is 0 Å². The zero-order chi connectivity index (χ0) is 57.1. The quantitative estimate of drug-likeness (QED) is 0.0299. The Balaban J connectivity index is 0.640. The largest absolute Gasteiger partial charge is 0.379 e. The molecule has 0 saturated heterocycles. The van der Waals surface area contributed by atoms with E-state index in [1.165, 1.54) is 0 Å². The van der Waals surface area contributed by atoms with Crippen molar-refractivity contribution in [2.75, 3.05) is 125 Å². The third-order valence-corrected chi connectivity index (χ3v) is 18.0. The molecular weight excluding hydrogens is 1150 g/mol. The summed E-state index contributed by atoms with van der Waals surface area (Å²) in [6.45, 7) is 7.04. The number of hydrogen-bond acceptors (Lipinski definition) is 14. The third-order valence-electron chi connectivity index (χ3n) is 13.6. The number of halogens is 4. The lowest BCUT2D eigenvalue weighted by atomic mass is 9.85. The second-order valence-corrected chi connectivity index (χ2v) is 25.2. The van der Waals surface area contributed by atoms with Gasteiger partial charge in [-0.3, -0.25) is 9.59 Å². The van der Waals surface area contributed by atoms with Gasteiger partial charge in [-0.1, -0.05) is 82.8 Å². The van der Waals surface area contributed by atoms with E-state index in [9.17, 15) is 26.4 Å². The van der Waals surface area contributed by atoms with Crippen molar-refractivity contribution in [3.05, 3.63) is 162 Å². The van der Waals surface area contributed by atoms with Gasteiger partial charge in [0.1, 0.15) is 0 Å². The Kier molecular flexibility index (Phi) is 25.1. The first-order valence-electron chi connectivity index (χ1n) is 26.6. The van der Waals surface area contributed by atoms with Gasteiger partial charge >= 0.3 is 0 Å². The molecule has 0 saturated carbocycles. The molecule has 0 aliphatic carbocycles. The maximum absolute atomic E-state index is 13.1. The Morgan fingerprint density at radius 3 is 1.45 bits per heavy atom. The summed E-state index contributed by atoms with van der Waals surface area (Å²) in [4.78, 5) is 30.2. The number of amides is 1. The van der Waals surface area contributed by atoms with Crippen LogP contribution in [0.4, 0.5) is 0 Å². The number of nitrogens with zero attached hydrogens (tertiary/aromatic N) is 2. The number of carbonyl (C=O) groups excluding carboxylic acids is 2. The van der Waals surface area contributed by atoms with E-state index < -0.39 is 19.9 Å². The fraction of sp³-hybridized carbons (Fsp3) is 0.448. The van der Waals surface area contributed by atoms with Gasteiger partial charge in [0.25, 0.3) is 5.91 Å². The molecule has 0 fully saturated rings. The van der Waals surface area contributed by atoms with E-state index in [1.54, 1.807) is 60.7 Å². The van der Waals surface area contributed by atoms with Gasteiger partial charge in [-0.25, -0.2) is 21.6 Å². The van der Waals surface area contributed by atoms with Crippen molar-refractivity contribution >= 4 is 78.0 Å². The first kappa shape index (κ1) is 63.5. The zero-order valence-electron chi connectivity index (χ0n) is 45.1. The average molecular weight is 1220 g/mol. The minimum absolute atomic E-state index is 0.00223. The van der Waals surface area contributed by atoms with Crippen molar-refractivity contribution in [1.82, 2.24) is 19.8 Å². The average Bonchev–Trinajstić information content (AvgIpc) is 3.45. The van der Waals surface area contributed by atoms with Gasteiger partial charge in [0.05, 0.1) is 81.6 Å². The Morgan fingerprint density at radius 2 is 0.950 bits per heavy atom. The maximum atomic E-state index is 13.1. The number of ether oxygens (including phenoxy) is 6. The van der Waals surface area contributed by atoms with Crippen molar-refractivity contribution < 1.29 is 54.8 Å². The van der Waals surface area contributed by atoms with Crippen LogP contribution in [0.5, 0.6) is 0 Å². The molecule has 5 aromatic carbocycles. The summed E-state index contributed by atoms with van der Waals surface area (Å²) in [5.74, 6) is -0.345. The molecule has 0 spiro atoms. The molecule has 0 radical (unpaired) electrons. The number of ketones is 1. The number of carbonyl (C=O) groups is 2. The molecule has 5 aromatic rings. The molecule has 1 amide bonds. The van der Waals surface area contributed by atoms with Gasteiger partial charge in [-0.2, -0.15) is 0 Å². The molecule has 0 unspecified atom stereocenters. The van der Waals surface area contributed by atoms with Gasteiger partial charge in [-0.15, -0.1) is 0 Å². The Labute approximate surface area is 490 Å². The van der Waals surface area contributed by atoms with E-state index in [-0.39, 0.29) is 78.6 Å². The number of benzene rings is 5. The van der Waals surface area contributed by atoms with E-state index in [0.29, 0.717) is 110 Å². The van der Waals surface area contributed by atoms with Crippen LogP contribution in [0.3, 0.4) is 0 Å². The second-order valence-electron chi connectivity index (χ2n) is 19.7. The number of sulfone groups is 1. The Hall–Kier alpha value is -4.06. The lowest BCUT2D eigenvalue weighted by molar-refractivity contribution is 0.0142. The van der Waals surface area contributed by atoms with Crippen LogP contribution in [0.15, 0.2) is 107 Å². The zero-order valence-corrected chi connectivity index (χ0v) is 49.7. The summed E-state index contributed by atoms with van der Waals surface area (Å²) in [5, 5.41) is 5.20. The minimum atomic E-state index is -3.74. The van der Waals surface area contributed by atoms with Crippen LogP contribution in [-0.4, -0.2) is 164 Å². The lowest BCUT2D eigenvalue weighted by Gasteiger charge is -2.33. The van der Waals surface area contributed by atoms with Gasteiger partial charge in [0.2, 0.25) is 10.0 Å². The number of sulfonamides is 1. The number of nitrogens with one attached hydrogen (secondary N) is 2. The fourth-order valence-corrected chi connectivity index (χ4v) is 13.0. The summed E-state index contributed by atoms with van der Waals surface area (Å²) in [6.07, 6.45) is 1.17. The highest BCUT2D eigenvalue weighted by atomic mass is 35.5. The van der Waals surface area contributed by atoms with Crippen LogP contribution >= 0.6 is 46.4 Å². The summed E-state index contributed by atoms with van der Waals surface area (Å²) < 4.78 is 88.0. The molecule has 80 heavy (non-hydrogen) atoms. The van der Waals surface area contributed by atoms with Crippen LogP contribution in [0, 0.1) is 0 Å². The molecule has 2 heterocycles. The minimum Gasteiger partial charge on any atom is -0.379 e. The normalized spacial score (nSPS) is 15.9. The highest BCUT2D eigenvalue weighted by molar-refractivity contribution is 7.91. The summed E-state index contributed by atoms with van der Waals surface area (Å²) in [6, 6.07) is 27.8. The molecule has 22 heteroatoms. The molecule has 0 aromatic heterocycles. The highest BCUT2D eigenvalue weighted by Gasteiger charge is 2.29. The van der Waals surface area contributed by atoms with Crippen LogP contribution in [0.1, 0.15) is 85.2 Å². The van der Waals surface area contributed by atoms with Crippen molar-refractivity contribution in [2.24, 2.45) is 0 Å². The SMILES string of the molecule is CN1Cc2c(Cl)cc(Cl)cc2[C@H](c2ccc(S(=O)(=O)CCCOCCOCCOCCCC(=O)c3ccc(C(=O)NCCOCCOCCOCCNS(=O)(=O)c4ccc([C@@H]5CN(C)Cc6c(Cl)cc(Cl)cc65)cc4)cc3)cc2)C1. The van der Waals surface area contributed by atoms with E-state index in [2.05, 4.69) is 19.8 Å². The molecule has 7 rings (SSSR count). The molecule has 434 valence electrons. The number of likely N-dealkylation sites (N-methyl/N-ethyl adjacent to an activating group) is 2. The smallest absolute Gasteiger partial charge is 0.251 e. The molecule has 0 bridgehead atoms. The number of Topliss-reactive ketones (excluding diaryl/α,β-unsaturated/α-hetero) is 1. The van der Waals surface area contributed by atoms with E-state index in [1.807, 2.05) is 50.5 Å². The van der Waals surface area contributed by atoms with Crippen molar-refractivity contribution in [3.8, 4) is 0 Å². The summed E-state index contributed by atoms with van der Waals surface area (Å²) in [5.41, 5.74) is 7.09. The van der Waals surface area contributed by atoms with Gasteiger partial charge < -0.3 is 43.5 Å². The summed E-state index contributed by atoms with van der Waals surface area (Å²) >= 11 is 25.7. The van der Waals surface area contributed by atoms with Crippen LogP contribution < -0.4 is 10.0 Å². The van der Waals surface area contributed by atoms with Crippen LogP contribution in [-0.2, 0) is 61.4 Å². The standard InChI is InChI=1S/C58H70Cl4N4O12S2/c1-65-37-51(49-33-45(59)35-55(61)53(49)39-65)41-10-14-47(15-11-41)79(69,70)32-4-21-74-25-29-77-28-24-73-20-3-5-57(67)43-6-8-44(9-7-43)58(68)63-18-22-75-26-30-78-31-27-76-23-19-64-80(71,72)48-16-12-42(13-17-48)52-38-66(2)40-54-50(52)34-46(60)36-56(54)62/h6-17,33-36,51-52,64H,3-5,18-32,37-40H2,1-2H3,(H,63,68)/t51-,52-/m0/s1. The molecular formula is C58H70Cl4N4O12S2. The van der Waals surface area contributed by atoms with E-state index in [0.717, 1.165) is 53.0 Å². The first-order valence-corrected chi connectivity index (χ1v) is 31.3. The van der Waals surface area contributed by atoms with Gasteiger partial charge in [0, 0.05) is 102 Å². The van der Waals surface area contributed by atoms with Gasteiger partial charge in [-0.05, 0) is 121 Å². The Bertz CT molecular complexity index is 2850. The number of hydrogen-bond donors (Lipinski definition) is 2. The monoisotopic (exact) mass is 1220 g/mol. The Morgan fingerprint density at radius 1 is 0.525 bits per heavy atom. The fourth-order valence-electron chi connectivity index (χ4n) is 9.56. The molecule has 2 aliphatic heterocycles. The van der Waals surface area contributed by atoms with Crippen molar-refractivity contribution in [3.63, 3.8) is 0 Å². The predicted octanol–water partition coefficient (Wildman–Crippen LogP) is 9.09. The predicted molar refractivity (Wildman–Crippen MR) is 311 cm³/mol. The number of fused-ring (bicyclic) bond motifs is 2. The lowest BCUT2D eigenvalue weighted by Crippen LogP contribution is -2.31. The second kappa shape index (κ2) is 31.6. The molecule has 16 nitrogen and oxygen atoms in total. The van der Waals surface area contributed by atoms with E-state index in [4.69, 9.17) is 74.8 Å². The summed E-state index contributed by atoms with van der Waals surface area (Å²) in [7, 11) is -3.17. The van der Waals surface area contributed by atoms with Crippen LogP contribution in [0.2, 0.25) is 20.1 Å². The van der Waals surface area contributed by atoms with Crippen molar-refractivity contribution in [2.45, 2.75) is 54.0 Å².